The summed E-state index contributed by atoms with van der Waals surface area (Å²) in [5.41, 5.74) is 1.59. The highest BCUT2D eigenvalue weighted by Crippen LogP contribution is 2.29. The molecule has 0 fully saturated rings. The van der Waals surface area contributed by atoms with Crippen LogP contribution in [-0.4, -0.2) is 23.5 Å². The number of anilines is 1. The third kappa shape index (κ3) is 2.27. The van der Waals surface area contributed by atoms with E-state index in [0.29, 0.717) is 15.3 Å². The van der Waals surface area contributed by atoms with E-state index in [2.05, 4.69) is 20.9 Å². The normalized spacial score (nSPS) is 12.6. The minimum Gasteiger partial charge on any atom is -0.440 e. The Labute approximate surface area is 143 Å². The maximum Gasteiger partial charge on any atom is 0.275 e. The Hall–Kier alpha value is -2.12. The molecule has 4 aromatic rings. The van der Waals surface area contributed by atoms with Gasteiger partial charge in [0.2, 0.25) is 5.88 Å². The van der Waals surface area contributed by atoms with Crippen LogP contribution in [0.2, 0.25) is 0 Å². The van der Waals surface area contributed by atoms with E-state index in [4.69, 9.17) is 4.42 Å². The van der Waals surface area contributed by atoms with Gasteiger partial charge in [0.15, 0.2) is 4.96 Å². The second-order valence-electron chi connectivity index (χ2n) is 5.33. The van der Waals surface area contributed by atoms with Crippen LogP contribution in [0.4, 0.5) is 5.88 Å². The van der Waals surface area contributed by atoms with Crippen LogP contribution in [0.15, 0.2) is 44.0 Å². The van der Waals surface area contributed by atoms with Gasteiger partial charge in [-0.2, -0.15) is 0 Å². The van der Waals surface area contributed by atoms with Crippen LogP contribution in [-0.2, 0) is 0 Å². The molecule has 0 aliphatic rings. The standard InChI is InChI=1S/C16H12BrN3O2S/c1-19(2)15-10(17)7-9(22-15)8-13-14(21)20-12-6-4-3-5-11(12)18-16(20)23-13/h3-8H,1-2H3/b13-8-. The van der Waals surface area contributed by atoms with E-state index in [-0.39, 0.29) is 5.56 Å². The van der Waals surface area contributed by atoms with Gasteiger partial charge < -0.3 is 9.32 Å². The molecule has 0 aliphatic heterocycles. The molecule has 0 aliphatic carbocycles. The predicted octanol–water partition coefficient (Wildman–Crippen LogP) is 2.88. The smallest absolute Gasteiger partial charge is 0.275 e. The number of furan rings is 1. The van der Waals surface area contributed by atoms with Gasteiger partial charge in [0.25, 0.3) is 5.56 Å². The molecule has 0 saturated heterocycles. The highest BCUT2D eigenvalue weighted by atomic mass is 79.9. The lowest BCUT2D eigenvalue weighted by atomic mass is 10.3. The van der Waals surface area contributed by atoms with Gasteiger partial charge in [-0.15, -0.1) is 0 Å². The van der Waals surface area contributed by atoms with Crippen molar-refractivity contribution in [3.63, 3.8) is 0 Å². The van der Waals surface area contributed by atoms with Crippen molar-refractivity contribution in [1.29, 1.82) is 0 Å². The first-order chi connectivity index (χ1) is 11.0. The van der Waals surface area contributed by atoms with Crippen molar-refractivity contribution in [3.8, 4) is 0 Å². The Balaban J connectivity index is 1.94. The molecule has 0 spiro atoms. The number of nitrogens with zero attached hydrogens (tertiary/aromatic N) is 3. The minimum absolute atomic E-state index is 0.0716. The summed E-state index contributed by atoms with van der Waals surface area (Å²) in [4.78, 5) is 19.7. The van der Waals surface area contributed by atoms with E-state index in [1.165, 1.54) is 11.3 Å². The molecule has 0 N–H and O–H groups in total. The van der Waals surface area contributed by atoms with Gasteiger partial charge in [-0.05, 0) is 28.1 Å². The lowest BCUT2D eigenvalue weighted by Gasteiger charge is -2.07. The summed E-state index contributed by atoms with van der Waals surface area (Å²) in [5, 5.41) is 0. The zero-order chi connectivity index (χ0) is 16.1. The van der Waals surface area contributed by atoms with Crippen molar-refractivity contribution >= 4 is 55.2 Å². The summed E-state index contributed by atoms with van der Waals surface area (Å²) in [6.45, 7) is 0. The van der Waals surface area contributed by atoms with Gasteiger partial charge in [0.1, 0.15) is 10.3 Å². The van der Waals surface area contributed by atoms with E-state index < -0.39 is 0 Å². The highest BCUT2D eigenvalue weighted by molar-refractivity contribution is 9.10. The number of benzene rings is 1. The quantitative estimate of drug-likeness (QED) is 0.528. The number of hydrogen-bond acceptors (Lipinski definition) is 5. The molecule has 0 atom stereocenters. The predicted molar refractivity (Wildman–Crippen MR) is 96.4 cm³/mol. The van der Waals surface area contributed by atoms with Crippen LogP contribution in [0.1, 0.15) is 5.76 Å². The van der Waals surface area contributed by atoms with Gasteiger partial charge in [0.05, 0.1) is 15.5 Å². The van der Waals surface area contributed by atoms with Crippen molar-refractivity contribution < 1.29 is 4.42 Å². The lowest BCUT2D eigenvalue weighted by Crippen LogP contribution is -2.22. The Morgan fingerprint density at radius 1 is 1.35 bits per heavy atom. The van der Waals surface area contributed by atoms with Gasteiger partial charge >= 0.3 is 0 Å². The number of fused-ring (bicyclic) bond motifs is 3. The van der Waals surface area contributed by atoms with Gasteiger partial charge in [-0.1, -0.05) is 23.5 Å². The maximum atomic E-state index is 12.7. The fourth-order valence-corrected chi connectivity index (χ4v) is 4.12. The molecule has 0 radical (unpaired) electrons. The van der Waals surface area contributed by atoms with Crippen molar-refractivity contribution in [3.05, 3.63) is 55.5 Å². The minimum atomic E-state index is -0.0716. The van der Waals surface area contributed by atoms with Gasteiger partial charge in [0, 0.05) is 26.2 Å². The highest BCUT2D eigenvalue weighted by Gasteiger charge is 2.13. The van der Waals surface area contributed by atoms with E-state index >= 15 is 0 Å². The monoisotopic (exact) mass is 389 g/mol. The first-order valence-electron chi connectivity index (χ1n) is 6.93. The number of aromatic nitrogens is 2. The SMILES string of the molecule is CN(C)c1oc(/C=c2\sc3nc4ccccc4n3c2=O)cc1Br. The molecular formula is C16H12BrN3O2S. The second kappa shape index (κ2) is 5.21. The van der Waals surface area contributed by atoms with Crippen LogP contribution in [0, 0.1) is 0 Å². The summed E-state index contributed by atoms with van der Waals surface area (Å²) in [7, 11) is 3.80. The summed E-state index contributed by atoms with van der Waals surface area (Å²) in [6, 6.07) is 9.49. The first kappa shape index (κ1) is 14.5. The van der Waals surface area contributed by atoms with Crippen LogP contribution in [0.5, 0.6) is 0 Å². The average molecular weight is 390 g/mol. The number of halogens is 1. The fourth-order valence-electron chi connectivity index (χ4n) is 2.49. The average Bonchev–Trinajstić information content (AvgIpc) is 3.13. The van der Waals surface area contributed by atoms with Crippen molar-refractivity contribution in [1.82, 2.24) is 9.38 Å². The number of rotatable bonds is 2. The third-order valence-electron chi connectivity index (χ3n) is 3.51. The first-order valence-corrected chi connectivity index (χ1v) is 8.54. The van der Waals surface area contributed by atoms with Crippen molar-refractivity contribution in [2.75, 3.05) is 19.0 Å². The molecule has 7 heteroatoms. The summed E-state index contributed by atoms with van der Waals surface area (Å²) >= 11 is 4.82. The Morgan fingerprint density at radius 3 is 2.87 bits per heavy atom. The lowest BCUT2D eigenvalue weighted by molar-refractivity contribution is 0.554. The molecule has 0 bridgehead atoms. The molecule has 1 aromatic carbocycles. The Kier molecular flexibility index (Phi) is 3.28. The van der Waals surface area contributed by atoms with Gasteiger partial charge in [-0.25, -0.2) is 9.38 Å². The second-order valence-corrected chi connectivity index (χ2v) is 7.19. The maximum absolute atomic E-state index is 12.7. The third-order valence-corrected chi connectivity index (χ3v) is 5.05. The summed E-state index contributed by atoms with van der Waals surface area (Å²) in [6.07, 6.45) is 1.76. The molecule has 0 saturated carbocycles. The topological polar surface area (TPSA) is 50.8 Å². The number of imidazole rings is 1. The summed E-state index contributed by atoms with van der Waals surface area (Å²) < 4.78 is 8.86. The molecule has 0 amide bonds. The Bertz CT molecular complexity index is 1140. The largest absolute Gasteiger partial charge is 0.440 e. The van der Waals surface area contributed by atoms with Crippen LogP contribution in [0.3, 0.4) is 0 Å². The zero-order valence-electron chi connectivity index (χ0n) is 12.4. The van der Waals surface area contributed by atoms with Gasteiger partial charge in [-0.3, -0.25) is 4.79 Å². The van der Waals surface area contributed by atoms with Crippen LogP contribution < -0.4 is 15.0 Å². The zero-order valence-corrected chi connectivity index (χ0v) is 14.8. The number of thiazole rings is 1. The number of hydrogen-bond donors (Lipinski definition) is 0. The molecule has 3 heterocycles. The molecule has 3 aromatic heterocycles. The van der Waals surface area contributed by atoms with Crippen LogP contribution >= 0.6 is 27.3 Å². The molecular weight excluding hydrogens is 378 g/mol. The molecule has 5 nitrogen and oxygen atoms in total. The van der Waals surface area contributed by atoms with Crippen molar-refractivity contribution in [2.45, 2.75) is 0 Å². The molecule has 0 unspecified atom stereocenters. The van der Waals surface area contributed by atoms with Crippen LogP contribution in [0.25, 0.3) is 22.1 Å². The molecule has 23 heavy (non-hydrogen) atoms. The fraction of sp³-hybridized carbons (Fsp3) is 0.125. The summed E-state index contributed by atoms with van der Waals surface area (Å²) in [5.74, 6) is 1.35. The number of para-hydroxylation sites is 2. The van der Waals surface area contributed by atoms with E-state index in [1.807, 2.05) is 49.3 Å². The Morgan fingerprint density at radius 2 is 2.13 bits per heavy atom. The van der Waals surface area contributed by atoms with E-state index in [9.17, 15) is 4.79 Å². The van der Waals surface area contributed by atoms with E-state index in [1.54, 1.807) is 10.5 Å². The van der Waals surface area contributed by atoms with Crippen molar-refractivity contribution in [2.24, 2.45) is 0 Å². The van der Waals surface area contributed by atoms with E-state index in [0.717, 1.165) is 21.4 Å². The molecule has 4 rings (SSSR count). The molecule has 116 valence electrons.